The molecule has 3 nitrogen and oxygen atoms in total. The van der Waals surface area contributed by atoms with Gasteiger partial charge in [0.2, 0.25) is 0 Å². The van der Waals surface area contributed by atoms with Crippen LogP contribution in [0.2, 0.25) is 0 Å². The van der Waals surface area contributed by atoms with Crippen molar-refractivity contribution in [3.05, 3.63) is 0 Å². The molecule has 0 aliphatic rings. The molecule has 1 unspecified atom stereocenters. The maximum absolute atomic E-state index is 5.79. The number of hydrogen-bond acceptors (Lipinski definition) is 3. The molecule has 0 heterocycles. The number of nitrogens with two attached hydrogens (primary N) is 1. The lowest BCUT2D eigenvalue weighted by molar-refractivity contribution is 0.177. The maximum Gasteiger partial charge on any atom is 0.0474 e. The molecular weight excluding hydrogens is 200 g/mol. The van der Waals surface area contributed by atoms with Crippen LogP contribution in [0.1, 0.15) is 33.1 Å². The van der Waals surface area contributed by atoms with Gasteiger partial charge in [-0.1, -0.05) is 13.8 Å². The van der Waals surface area contributed by atoms with Crippen molar-refractivity contribution in [2.24, 2.45) is 17.6 Å². The van der Waals surface area contributed by atoms with Gasteiger partial charge in [0, 0.05) is 20.3 Å². The summed E-state index contributed by atoms with van der Waals surface area (Å²) in [6.07, 6.45) is 3.59. The third-order valence-corrected chi connectivity index (χ3v) is 2.95. The first-order valence-corrected chi connectivity index (χ1v) is 6.47. The highest BCUT2D eigenvalue weighted by Crippen LogP contribution is 2.14. The minimum absolute atomic E-state index is 0.685. The molecule has 3 heteroatoms. The number of ether oxygens (including phenoxy) is 1. The summed E-state index contributed by atoms with van der Waals surface area (Å²) in [6.45, 7) is 8.49. The Morgan fingerprint density at radius 2 is 1.94 bits per heavy atom. The standard InChI is InChI=1S/C13H30N2O/c1-12(2)10-13(11-14)6-8-15(3)7-5-9-16-4/h12-13H,5-11,14H2,1-4H3. The summed E-state index contributed by atoms with van der Waals surface area (Å²) in [5, 5.41) is 0. The van der Waals surface area contributed by atoms with E-state index in [-0.39, 0.29) is 0 Å². The minimum Gasteiger partial charge on any atom is -0.385 e. The van der Waals surface area contributed by atoms with Gasteiger partial charge in [-0.3, -0.25) is 0 Å². The summed E-state index contributed by atoms with van der Waals surface area (Å²) < 4.78 is 5.04. The maximum atomic E-state index is 5.79. The van der Waals surface area contributed by atoms with Crippen molar-refractivity contribution in [1.29, 1.82) is 0 Å². The zero-order valence-corrected chi connectivity index (χ0v) is 11.5. The van der Waals surface area contributed by atoms with Gasteiger partial charge in [0.05, 0.1) is 0 Å². The molecule has 1 atom stereocenters. The Morgan fingerprint density at radius 3 is 2.44 bits per heavy atom. The van der Waals surface area contributed by atoms with E-state index < -0.39 is 0 Å². The molecule has 0 aromatic heterocycles. The molecule has 0 fully saturated rings. The zero-order valence-electron chi connectivity index (χ0n) is 11.5. The Labute approximate surface area is 101 Å². The van der Waals surface area contributed by atoms with Crippen molar-refractivity contribution >= 4 is 0 Å². The average Bonchev–Trinajstić information content (AvgIpc) is 2.24. The minimum atomic E-state index is 0.685. The van der Waals surface area contributed by atoms with E-state index in [4.69, 9.17) is 10.5 Å². The van der Waals surface area contributed by atoms with E-state index in [1.54, 1.807) is 7.11 Å². The first kappa shape index (κ1) is 15.9. The summed E-state index contributed by atoms with van der Waals surface area (Å²) in [5.74, 6) is 1.44. The van der Waals surface area contributed by atoms with Crippen LogP contribution < -0.4 is 5.73 Å². The molecule has 2 N–H and O–H groups in total. The molecule has 0 aromatic rings. The molecule has 0 saturated heterocycles. The van der Waals surface area contributed by atoms with E-state index in [0.717, 1.165) is 38.6 Å². The molecule has 0 spiro atoms. The second-order valence-corrected chi connectivity index (χ2v) is 5.17. The van der Waals surface area contributed by atoms with E-state index in [2.05, 4.69) is 25.8 Å². The SMILES string of the molecule is COCCCN(C)CCC(CN)CC(C)C. The molecule has 0 aliphatic heterocycles. The molecule has 98 valence electrons. The van der Waals surface area contributed by atoms with E-state index in [1.807, 2.05) is 0 Å². The monoisotopic (exact) mass is 230 g/mol. The first-order valence-electron chi connectivity index (χ1n) is 6.47. The van der Waals surface area contributed by atoms with E-state index in [0.29, 0.717) is 5.92 Å². The zero-order chi connectivity index (χ0) is 12.4. The second-order valence-electron chi connectivity index (χ2n) is 5.17. The van der Waals surface area contributed by atoms with Crippen molar-refractivity contribution in [3.8, 4) is 0 Å². The predicted octanol–water partition coefficient (Wildman–Crippen LogP) is 1.97. The van der Waals surface area contributed by atoms with Crippen molar-refractivity contribution in [2.45, 2.75) is 33.1 Å². The molecule has 0 aliphatic carbocycles. The molecule has 0 amide bonds. The molecule has 0 radical (unpaired) electrons. The second kappa shape index (κ2) is 10.1. The lowest BCUT2D eigenvalue weighted by Gasteiger charge is -2.21. The summed E-state index contributed by atoms with van der Waals surface area (Å²) in [4.78, 5) is 2.38. The Kier molecular flexibility index (Phi) is 9.99. The fraction of sp³-hybridized carbons (Fsp3) is 1.00. The number of rotatable bonds is 10. The van der Waals surface area contributed by atoms with Crippen molar-refractivity contribution < 1.29 is 4.74 Å². The van der Waals surface area contributed by atoms with Crippen LogP contribution in [0.15, 0.2) is 0 Å². The summed E-state index contributed by atoms with van der Waals surface area (Å²) in [6, 6.07) is 0. The number of nitrogens with zero attached hydrogens (tertiary/aromatic N) is 1. The lowest BCUT2D eigenvalue weighted by atomic mass is 9.94. The number of methoxy groups -OCH3 is 1. The summed E-state index contributed by atoms with van der Waals surface area (Å²) >= 11 is 0. The van der Waals surface area contributed by atoms with Crippen LogP contribution in [0.5, 0.6) is 0 Å². The van der Waals surface area contributed by atoms with E-state index in [9.17, 15) is 0 Å². The van der Waals surface area contributed by atoms with Gasteiger partial charge < -0.3 is 15.4 Å². The predicted molar refractivity (Wildman–Crippen MR) is 70.6 cm³/mol. The molecular formula is C13H30N2O. The fourth-order valence-electron chi connectivity index (χ4n) is 1.99. The average molecular weight is 230 g/mol. The highest BCUT2D eigenvalue weighted by atomic mass is 16.5. The normalized spacial score (nSPS) is 13.7. The van der Waals surface area contributed by atoms with Crippen LogP contribution in [0.3, 0.4) is 0 Å². The Bertz CT molecular complexity index is 151. The molecule has 0 rings (SSSR count). The molecule has 16 heavy (non-hydrogen) atoms. The van der Waals surface area contributed by atoms with Gasteiger partial charge in [-0.2, -0.15) is 0 Å². The Morgan fingerprint density at radius 1 is 1.25 bits per heavy atom. The smallest absolute Gasteiger partial charge is 0.0474 e. The van der Waals surface area contributed by atoms with Gasteiger partial charge in [-0.25, -0.2) is 0 Å². The van der Waals surface area contributed by atoms with Crippen molar-refractivity contribution in [1.82, 2.24) is 4.90 Å². The van der Waals surface area contributed by atoms with Crippen molar-refractivity contribution in [2.75, 3.05) is 40.4 Å². The molecule has 0 bridgehead atoms. The highest BCUT2D eigenvalue weighted by Gasteiger charge is 2.10. The summed E-state index contributed by atoms with van der Waals surface area (Å²) in [7, 11) is 3.94. The highest BCUT2D eigenvalue weighted by molar-refractivity contribution is 4.64. The van der Waals surface area contributed by atoms with E-state index >= 15 is 0 Å². The van der Waals surface area contributed by atoms with E-state index in [1.165, 1.54) is 12.8 Å². The van der Waals surface area contributed by atoms with Crippen LogP contribution in [0.25, 0.3) is 0 Å². The van der Waals surface area contributed by atoms with Gasteiger partial charge >= 0.3 is 0 Å². The van der Waals surface area contributed by atoms with Crippen LogP contribution in [-0.4, -0.2) is 45.3 Å². The van der Waals surface area contributed by atoms with Gasteiger partial charge in [0.25, 0.3) is 0 Å². The fourth-order valence-corrected chi connectivity index (χ4v) is 1.99. The third kappa shape index (κ3) is 9.13. The Hall–Kier alpha value is -0.120. The number of hydrogen-bond donors (Lipinski definition) is 1. The van der Waals surface area contributed by atoms with Crippen LogP contribution in [0.4, 0.5) is 0 Å². The first-order chi connectivity index (χ1) is 7.60. The van der Waals surface area contributed by atoms with Crippen LogP contribution in [-0.2, 0) is 4.74 Å². The van der Waals surface area contributed by atoms with Gasteiger partial charge in [-0.05, 0) is 51.2 Å². The topological polar surface area (TPSA) is 38.5 Å². The van der Waals surface area contributed by atoms with Gasteiger partial charge in [-0.15, -0.1) is 0 Å². The van der Waals surface area contributed by atoms with Crippen LogP contribution in [0, 0.1) is 11.8 Å². The van der Waals surface area contributed by atoms with Gasteiger partial charge in [0.1, 0.15) is 0 Å². The van der Waals surface area contributed by atoms with Crippen LogP contribution >= 0.6 is 0 Å². The quantitative estimate of drug-likeness (QED) is 0.583. The Balaban J connectivity index is 3.58. The molecule has 0 aromatic carbocycles. The largest absolute Gasteiger partial charge is 0.385 e. The summed E-state index contributed by atoms with van der Waals surface area (Å²) in [5.41, 5.74) is 5.79. The lowest BCUT2D eigenvalue weighted by Crippen LogP contribution is -2.26. The van der Waals surface area contributed by atoms with Gasteiger partial charge in [0.15, 0.2) is 0 Å². The third-order valence-electron chi connectivity index (χ3n) is 2.95. The van der Waals surface area contributed by atoms with Crippen molar-refractivity contribution in [3.63, 3.8) is 0 Å². The molecule has 0 saturated carbocycles.